The van der Waals surface area contributed by atoms with E-state index in [0.717, 1.165) is 40.7 Å². The van der Waals surface area contributed by atoms with Crippen molar-refractivity contribution in [1.29, 1.82) is 0 Å². The summed E-state index contributed by atoms with van der Waals surface area (Å²) < 4.78 is 7.73. The summed E-state index contributed by atoms with van der Waals surface area (Å²) in [5, 5.41) is 6.49. The molecule has 132 valence electrons. The fourth-order valence-electron chi connectivity index (χ4n) is 2.87. The van der Waals surface area contributed by atoms with E-state index in [1.165, 1.54) is 0 Å². The fourth-order valence-corrected chi connectivity index (χ4v) is 3.52. The third-order valence-electron chi connectivity index (χ3n) is 4.15. The number of para-hydroxylation sites is 1. The Kier molecular flexibility index (Phi) is 4.69. The van der Waals surface area contributed by atoms with Crippen LogP contribution >= 0.6 is 11.3 Å². The van der Waals surface area contributed by atoms with E-state index in [-0.39, 0.29) is 0 Å². The molecule has 0 aliphatic rings. The van der Waals surface area contributed by atoms with Crippen LogP contribution in [0.25, 0.3) is 16.5 Å². The van der Waals surface area contributed by atoms with Crippen LogP contribution in [0.4, 0.5) is 0 Å². The van der Waals surface area contributed by atoms with Crippen LogP contribution in [-0.4, -0.2) is 26.7 Å². The van der Waals surface area contributed by atoms with Crippen LogP contribution in [0.3, 0.4) is 0 Å². The van der Waals surface area contributed by atoms with E-state index in [9.17, 15) is 0 Å². The van der Waals surface area contributed by atoms with Crippen LogP contribution < -0.4 is 0 Å². The lowest BCUT2D eigenvalue weighted by Crippen LogP contribution is -2.17. The Bertz CT molecular complexity index is 973. The second kappa shape index (κ2) is 7.27. The molecule has 0 saturated carbocycles. The number of aromatic nitrogens is 3. The zero-order chi connectivity index (χ0) is 17.9. The number of hydrogen-bond acceptors (Lipinski definition) is 5. The van der Waals surface area contributed by atoms with E-state index in [0.29, 0.717) is 5.89 Å². The van der Waals surface area contributed by atoms with Gasteiger partial charge >= 0.3 is 0 Å². The molecule has 4 rings (SSSR count). The minimum atomic E-state index is 0.706. The molecular weight excluding hydrogens is 344 g/mol. The summed E-state index contributed by atoms with van der Waals surface area (Å²) in [6.07, 6.45) is 3.98. The monoisotopic (exact) mass is 364 g/mol. The van der Waals surface area contributed by atoms with Gasteiger partial charge in [-0.3, -0.25) is 4.90 Å². The quantitative estimate of drug-likeness (QED) is 0.504. The Labute approximate surface area is 156 Å². The first-order valence-corrected chi connectivity index (χ1v) is 9.35. The molecule has 1 aromatic carbocycles. The third-order valence-corrected chi connectivity index (χ3v) is 5.01. The maximum absolute atomic E-state index is 5.83. The number of oxazole rings is 1. The lowest BCUT2D eigenvalue weighted by atomic mass is 10.3. The molecule has 0 amide bonds. The number of hydrogen-bond donors (Lipinski definition) is 0. The van der Waals surface area contributed by atoms with Gasteiger partial charge in [0.25, 0.3) is 0 Å². The summed E-state index contributed by atoms with van der Waals surface area (Å²) in [6.45, 7) is 3.51. The van der Waals surface area contributed by atoms with Gasteiger partial charge in [0.05, 0.1) is 22.5 Å². The fraction of sp³-hybridized carbons (Fsp3) is 0.200. The number of thiophene rings is 1. The van der Waals surface area contributed by atoms with Gasteiger partial charge in [-0.15, -0.1) is 11.3 Å². The molecule has 0 fully saturated rings. The van der Waals surface area contributed by atoms with Crippen LogP contribution in [0.2, 0.25) is 0 Å². The Balaban J connectivity index is 1.43. The van der Waals surface area contributed by atoms with E-state index in [1.54, 1.807) is 11.3 Å². The number of nitrogens with zero attached hydrogens (tertiary/aromatic N) is 4. The zero-order valence-electron chi connectivity index (χ0n) is 14.8. The van der Waals surface area contributed by atoms with E-state index in [4.69, 9.17) is 4.42 Å². The summed E-state index contributed by atoms with van der Waals surface area (Å²) in [4.78, 5) is 7.95. The minimum absolute atomic E-state index is 0.706. The predicted molar refractivity (Wildman–Crippen MR) is 103 cm³/mol. The summed E-state index contributed by atoms with van der Waals surface area (Å²) in [5.74, 6) is 1.58. The van der Waals surface area contributed by atoms with Crippen molar-refractivity contribution in [3.8, 4) is 16.5 Å². The van der Waals surface area contributed by atoms with Gasteiger partial charge in [-0.1, -0.05) is 24.3 Å². The highest BCUT2D eigenvalue weighted by atomic mass is 32.1. The molecule has 3 heterocycles. The average molecular weight is 364 g/mol. The SMILES string of the molecule is Cc1oc(-c2cccs2)nc1CN(C)Cc1cnn(-c2ccccc2)c1. The standard InChI is InChI=1S/C20H20N4OS/c1-15-18(22-20(25-15)19-9-6-10-26-19)14-23(2)12-16-11-21-24(13-16)17-7-4-3-5-8-17/h3-11,13H,12,14H2,1-2H3. The van der Waals surface area contributed by atoms with Crippen molar-refractivity contribution in [2.24, 2.45) is 0 Å². The normalized spacial score (nSPS) is 11.3. The number of benzene rings is 1. The highest BCUT2D eigenvalue weighted by Gasteiger charge is 2.14. The molecule has 26 heavy (non-hydrogen) atoms. The first kappa shape index (κ1) is 16.8. The Morgan fingerprint density at radius 3 is 2.73 bits per heavy atom. The molecule has 0 N–H and O–H groups in total. The van der Waals surface area contributed by atoms with Gasteiger partial charge in [-0.25, -0.2) is 9.67 Å². The number of aryl methyl sites for hydroxylation is 1. The van der Waals surface area contributed by atoms with Crippen LogP contribution in [0, 0.1) is 6.92 Å². The molecule has 0 atom stereocenters. The average Bonchev–Trinajstić information content (AvgIpc) is 3.38. The molecule has 0 unspecified atom stereocenters. The second-order valence-corrected chi connectivity index (χ2v) is 7.25. The van der Waals surface area contributed by atoms with Crippen molar-refractivity contribution in [2.75, 3.05) is 7.05 Å². The van der Waals surface area contributed by atoms with E-state index in [2.05, 4.69) is 28.2 Å². The molecule has 0 aliphatic carbocycles. The molecule has 4 aromatic rings. The van der Waals surface area contributed by atoms with Crippen molar-refractivity contribution in [3.63, 3.8) is 0 Å². The van der Waals surface area contributed by atoms with Crippen LogP contribution in [0.1, 0.15) is 17.0 Å². The highest BCUT2D eigenvalue weighted by molar-refractivity contribution is 7.13. The summed E-state index contributed by atoms with van der Waals surface area (Å²) in [7, 11) is 2.08. The molecule has 6 heteroatoms. The molecule has 0 bridgehead atoms. The highest BCUT2D eigenvalue weighted by Crippen LogP contribution is 2.26. The van der Waals surface area contributed by atoms with Crippen LogP contribution in [0.15, 0.2) is 64.7 Å². The molecule has 0 spiro atoms. The summed E-state index contributed by atoms with van der Waals surface area (Å²) in [6, 6.07) is 14.2. The third kappa shape index (κ3) is 3.61. The summed E-state index contributed by atoms with van der Waals surface area (Å²) >= 11 is 1.64. The molecule has 0 aliphatic heterocycles. The topological polar surface area (TPSA) is 47.1 Å². The first-order valence-electron chi connectivity index (χ1n) is 8.47. The lowest BCUT2D eigenvalue weighted by molar-refractivity contribution is 0.313. The maximum Gasteiger partial charge on any atom is 0.236 e. The molecule has 5 nitrogen and oxygen atoms in total. The van der Waals surface area contributed by atoms with Gasteiger partial charge in [0.15, 0.2) is 0 Å². The van der Waals surface area contributed by atoms with Gasteiger partial charge in [0, 0.05) is 24.8 Å². The van der Waals surface area contributed by atoms with Gasteiger partial charge < -0.3 is 4.42 Å². The van der Waals surface area contributed by atoms with Crippen molar-refractivity contribution < 1.29 is 4.42 Å². The van der Waals surface area contributed by atoms with Gasteiger partial charge in [0.1, 0.15) is 5.76 Å². The Morgan fingerprint density at radius 1 is 1.12 bits per heavy atom. The molecule has 3 aromatic heterocycles. The molecule has 0 saturated heterocycles. The number of rotatable bonds is 6. The van der Waals surface area contributed by atoms with E-state index >= 15 is 0 Å². The first-order chi connectivity index (χ1) is 12.7. The van der Waals surface area contributed by atoms with Gasteiger partial charge in [-0.2, -0.15) is 5.10 Å². The maximum atomic E-state index is 5.83. The van der Waals surface area contributed by atoms with Gasteiger partial charge in [-0.05, 0) is 37.6 Å². The lowest BCUT2D eigenvalue weighted by Gasteiger charge is -2.13. The van der Waals surface area contributed by atoms with E-state index in [1.807, 2.05) is 65.6 Å². The van der Waals surface area contributed by atoms with Gasteiger partial charge in [0.2, 0.25) is 5.89 Å². The van der Waals surface area contributed by atoms with Crippen LogP contribution in [-0.2, 0) is 13.1 Å². The Hall–Kier alpha value is -2.70. The van der Waals surface area contributed by atoms with Crippen molar-refractivity contribution >= 4 is 11.3 Å². The Morgan fingerprint density at radius 2 is 1.96 bits per heavy atom. The summed E-state index contributed by atoms with van der Waals surface area (Å²) in [5.41, 5.74) is 3.21. The van der Waals surface area contributed by atoms with E-state index < -0.39 is 0 Å². The smallest absolute Gasteiger partial charge is 0.236 e. The molecular formula is C20H20N4OS. The van der Waals surface area contributed by atoms with Crippen molar-refractivity contribution in [3.05, 3.63) is 77.3 Å². The van der Waals surface area contributed by atoms with Crippen LogP contribution in [0.5, 0.6) is 0 Å². The second-order valence-electron chi connectivity index (χ2n) is 6.30. The largest absolute Gasteiger partial charge is 0.440 e. The minimum Gasteiger partial charge on any atom is -0.440 e. The van der Waals surface area contributed by atoms with Crippen molar-refractivity contribution in [2.45, 2.75) is 20.0 Å². The van der Waals surface area contributed by atoms with Crippen molar-refractivity contribution in [1.82, 2.24) is 19.7 Å². The zero-order valence-corrected chi connectivity index (χ0v) is 15.6. The molecule has 0 radical (unpaired) electrons. The predicted octanol–water partition coefficient (Wildman–Crippen LogP) is 4.53.